The second-order valence-electron chi connectivity index (χ2n) is 5.98. The third-order valence-corrected chi connectivity index (χ3v) is 5.44. The van der Waals surface area contributed by atoms with Gasteiger partial charge in [0.05, 0.1) is 11.0 Å². The van der Waals surface area contributed by atoms with Crippen LogP contribution in [0.15, 0.2) is 53.4 Å². The first-order chi connectivity index (χ1) is 12.4. The van der Waals surface area contributed by atoms with Gasteiger partial charge in [-0.1, -0.05) is 12.1 Å². The lowest BCUT2D eigenvalue weighted by molar-refractivity contribution is 0.102. The lowest BCUT2D eigenvalue weighted by atomic mass is 10.2. The summed E-state index contributed by atoms with van der Waals surface area (Å²) in [5.74, 6) is -0.996. The van der Waals surface area contributed by atoms with E-state index in [1.807, 2.05) is 0 Å². The Kier molecular flexibility index (Phi) is 5.65. The van der Waals surface area contributed by atoms with E-state index in [4.69, 9.17) is 4.74 Å². The molecule has 0 radical (unpaired) electrons. The monoisotopic (exact) mass is 378 g/mol. The van der Waals surface area contributed by atoms with Gasteiger partial charge in [-0.05, 0) is 49.2 Å². The number of nitrogens with one attached hydrogen (secondary N) is 2. The van der Waals surface area contributed by atoms with Gasteiger partial charge in [0.15, 0.2) is 0 Å². The predicted molar refractivity (Wildman–Crippen MR) is 95.0 cm³/mol. The summed E-state index contributed by atoms with van der Waals surface area (Å²) < 4.78 is 45.9. The molecule has 1 atom stereocenters. The zero-order chi connectivity index (χ0) is 18.6. The van der Waals surface area contributed by atoms with Gasteiger partial charge in [0, 0.05) is 24.4 Å². The Morgan fingerprint density at radius 3 is 2.73 bits per heavy atom. The van der Waals surface area contributed by atoms with Crippen LogP contribution in [0.4, 0.5) is 10.1 Å². The van der Waals surface area contributed by atoms with Gasteiger partial charge in [0.25, 0.3) is 5.91 Å². The quantitative estimate of drug-likeness (QED) is 0.809. The van der Waals surface area contributed by atoms with Crippen molar-refractivity contribution in [3.63, 3.8) is 0 Å². The van der Waals surface area contributed by atoms with Crippen LogP contribution in [0.3, 0.4) is 0 Å². The normalized spacial score (nSPS) is 17.2. The Hall–Kier alpha value is -2.29. The second kappa shape index (κ2) is 7.94. The Morgan fingerprint density at radius 1 is 1.19 bits per heavy atom. The molecule has 3 rings (SSSR count). The van der Waals surface area contributed by atoms with Gasteiger partial charge < -0.3 is 10.1 Å². The van der Waals surface area contributed by atoms with Crippen LogP contribution in [-0.2, 0) is 14.8 Å². The molecule has 0 spiro atoms. The van der Waals surface area contributed by atoms with Crippen molar-refractivity contribution in [1.82, 2.24) is 4.72 Å². The van der Waals surface area contributed by atoms with Gasteiger partial charge in [-0.25, -0.2) is 17.5 Å². The van der Waals surface area contributed by atoms with Crippen LogP contribution >= 0.6 is 0 Å². The zero-order valence-corrected chi connectivity index (χ0v) is 14.8. The number of rotatable bonds is 6. The van der Waals surface area contributed by atoms with Crippen LogP contribution in [0.1, 0.15) is 23.2 Å². The van der Waals surface area contributed by atoms with E-state index >= 15 is 0 Å². The molecule has 0 saturated carbocycles. The summed E-state index contributed by atoms with van der Waals surface area (Å²) in [5.41, 5.74) is 0.453. The second-order valence-corrected chi connectivity index (χ2v) is 7.75. The van der Waals surface area contributed by atoms with Crippen molar-refractivity contribution in [3.8, 4) is 0 Å². The zero-order valence-electron chi connectivity index (χ0n) is 13.9. The molecular weight excluding hydrogens is 359 g/mol. The maximum absolute atomic E-state index is 13.2. The van der Waals surface area contributed by atoms with Gasteiger partial charge in [0.2, 0.25) is 10.0 Å². The molecule has 1 saturated heterocycles. The summed E-state index contributed by atoms with van der Waals surface area (Å²) in [4.78, 5) is 12.3. The lowest BCUT2D eigenvalue weighted by Gasteiger charge is -2.12. The van der Waals surface area contributed by atoms with E-state index in [1.165, 1.54) is 42.5 Å². The molecule has 0 aliphatic carbocycles. The average Bonchev–Trinajstić information content (AvgIpc) is 3.14. The number of carbonyl (C=O) groups excluding carboxylic acids is 1. The van der Waals surface area contributed by atoms with E-state index in [0.29, 0.717) is 12.3 Å². The molecule has 6 nitrogen and oxygen atoms in total. The predicted octanol–water partition coefficient (Wildman–Crippen LogP) is 2.54. The first kappa shape index (κ1) is 18.5. The summed E-state index contributed by atoms with van der Waals surface area (Å²) in [6, 6.07) is 11.1. The van der Waals surface area contributed by atoms with Crippen LogP contribution in [0.2, 0.25) is 0 Å². The molecule has 1 fully saturated rings. The van der Waals surface area contributed by atoms with Gasteiger partial charge in [-0.15, -0.1) is 0 Å². The highest BCUT2D eigenvalue weighted by Crippen LogP contribution is 2.16. The SMILES string of the molecule is O=C(Nc1cccc(F)c1)c1cccc(S(=O)(=O)NCC2CCCO2)c1. The van der Waals surface area contributed by atoms with E-state index in [2.05, 4.69) is 10.0 Å². The van der Waals surface area contributed by atoms with Gasteiger partial charge in [-0.2, -0.15) is 0 Å². The van der Waals surface area contributed by atoms with Crippen LogP contribution < -0.4 is 10.0 Å². The molecule has 1 aliphatic heterocycles. The van der Waals surface area contributed by atoms with Crippen LogP contribution in [-0.4, -0.2) is 33.6 Å². The first-order valence-corrected chi connectivity index (χ1v) is 9.71. The standard InChI is InChI=1S/C18H19FN2O4S/c19-14-5-2-6-15(11-14)21-18(22)13-4-1-8-17(10-13)26(23,24)20-12-16-7-3-9-25-16/h1-2,4-6,8,10-11,16,20H,3,7,9,12H2,(H,21,22). The van der Waals surface area contributed by atoms with Crippen molar-refractivity contribution in [1.29, 1.82) is 0 Å². The molecule has 2 N–H and O–H groups in total. The summed E-state index contributed by atoms with van der Waals surface area (Å²) in [6.07, 6.45) is 1.62. The molecule has 2 aromatic rings. The maximum Gasteiger partial charge on any atom is 0.255 e. The topological polar surface area (TPSA) is 84.5 Å². The number of hydrogen-bond acceptors (Lipinski definition) is 4. The fourth-order valence-corrected chi connectivity index (χ4v) is 3.78. The van der Waals surface area contributed by atoms with Crippen LogP contribution in [0, 0.1) is 5.82 Å². The average molecular weight is 378 g/mol. The molecule has 2 aromatic carbocycles. The van der Waals surface area contributed by atoms with Crippen molar-refractivity contribution in [2.24, 2.45) is 0 Å². The highest BCUT2D eigenvalue weighted by Gasteiger charge is 2.21. The van der Waals surface area contributed by atoms with Gasteiger partial charge in [0.1, 0.15) is 5.82 Å². The molecule has 1 amide bonds. The number of sulfonamides is 1. The lowest BCUT2D eigenvalue weighted by Crippen LogP contribution is -2.32. The smallest absolute Gasteiger partial charge is 0.255 e. The molecule has 26 heavy (non-hydrogen) atoms. The molecular formula is C18H19FN2O4S. The van der Waals surface area contributed by atoms with E-state index in [1.54, 1.807) is 6.07 Å². The Labute approximate surface area is 151 Å². The van der Waals surface area contributed by atoms with E-state index in [0.717, 1.165) is 12.8 Å². The number of halogens is 1. The third-order valence-electron chi connectivity index (χ3n) is 4.01. The highest BCUT2D eigenvalue weighted by atomic mass is 32.2. The molecule has 8 heteroatoms. The summed E-state index contributed by atoms with van der Waals surface area (Å²) >= 11 is 0. The summed E-state index contributed by atoms with van der Waals surface area (Å²) in [7, 11) is -3.75. The Bertz CT molecular complexity index is 896. The third kappa shape index (κ3) is 4.66. The van der Waals surface area contributed by atoms with Crippen LogP contribution in [0.25, 0.3) is 0 Å². The van der Waals surface area contributed by atoms with Crippen molar-refractivity contribution in [2.75, 3.05) is 18.5 Å². The summed E-state index contributed by atoms with van der Waals surface area (Å²) in [5, 5.41) is 2.54. The van der Waals surface area contributed by atoms with Crippen molar-refractivity contribution in [3.05, 3.63) is 59.9 Å². The molecule has 0 bridgehead atoms. The molecule has 0 aromatic heterocycles. The number of ether oxygens (including phenoxy) is 1. The Balaban J connectivity index is 1.71. The number of hydrogen-bond donors (Lipinski definition) is 2. The minimum absolute atomic E-state index is 0.0117. The minimum atomic E-state index is -3.75. The van der Waals surface area contributed by atoms with Crippen molar-refractivity contribution < 1.29 is 22.3 Å². The maximum atomic E-state index is 13.2. The van der Waals surface area contributed by atoms with Crippen molar-refractivity contribution >= 4 is 21.6 Å². The highest BCUT2D eigenvalue weighted by molar-refractivity contribution is 7.89. The van der Waals surface area contributed by atoms with Gasteiger partial charge in [-0.3, -0.25) is 4.79 Å². The van der Waals surface area contributed by atoms with Crippen LogP contribution in [0.5, 0.6) is 0 Å². The number of carbonyl (C=O) groups is 1. The Morgan fingerprint density at radius 2 is 2.00 bits per heavy atom. The molecule has 1 heterocycles. The molecule has 1 aliphatic rings. The summed E-state index contributed by atoms with van der Waals surface area (Å²) in [6.45, 7) is 0.837. The van der Waals surface area contributed by atoms with E-state index in [-0.39, 0.29) is 23.1 Å². The number of benzene rings is 2. The van der Waals surface area contributed by atoms with E-state index in [9.17, 15) is 17.6 Å². The molecule has 1 unspecified atom stereocenters. The number of anilines is 1. The van der Waals surface area contributed by atoms with E-state index < -0.39 is 21.7 Å². The fraction of sp³-hybridized carbons (Fsp3) is 0.278. The molecule has 138 valence electrons. The first-order valence-electron chi connectivity index (χ1n) is 8.22. The number of amides is 1. The van der Waals surface area contributed by atoms with Gasteiger partial charge >= 0.3 is 0 Å². The van der Waals surface area contributed by atoms with Crippen molar-refractivity contribution in [2.45, 2.75) is 23.8 Å². The largest absolute Gasteiger partial charge is 0.377 e. The minimum Gasteiger partial charge on any atom is -0.377 e. The fourth-order valence-electron chi connectivity index (χ4n) is 2.67.